The van der Waals surface area contributed by atoms with Gasteiger partial charge in [-0.15, -0.1) is 0 Å². The Hall–Kier alpha value is -1.61. The molecule has 0 unspecified atom stereocenters. The number of hydrogen-bond donors (Lipinski definition) is 0. The zero-order valence-corrected chi connectivity index (χ0v) is 16.0. The van der Waals surface area contributed by atoms with Gasteiger partial charge in [0, 0.05) is 37.0 Å². The molecule has 2 heterocycles. The molecular weight excluding hydrogens is 308 g/mol. The minimum atomic E-state index is 0.104. The van der Waals surface area contributed by atoms with Crippen molar-refractivity contribution in [3.05, 3.63) is 47.7 Å². The fraction of sp³-hybridized carbons (Fsp3) is 0.591. The van der Waals surface area contributed by atoms with Crippen LogP contribution in [0.1, 0.15) is 62.4 Å². The van der Waals surface area contributed by atoms with E-state index in [2.05, 4.69) is 42.7 Å². The Bertz CT molecular complexity index is 606. The first-order valence-corrected chi connectivity index (χ1v) is 9.75. The molecule has 0 radical (unpaired) electrons. The standard InChI is InChI=1S/C22H32N2O/c1-22(2,3)19-10-8-18(9-11-19)21(25)12-16-24-15-6-7-20(24)17-23-13-4-5-14-23/h8-12,16,20H,4-7,13-15,17H2,1-3H3/t20-/m0/s1. The lowest BCUT2D eigenvalue weighted by molar-refractivity contribution is 0.104. The van der Waals surface area contributed by atoms with Gasteiger partial charge in [0.1, 0.15) is 0 Å². The molecule has 0 N–H and O–H groups in total. The van der Waals surface area contributed by atoms with Gasteiger partial charge in [0.15, 0.2) is 5.78 Å². The number of hydrogen-bond acceptors (Lipinski definition) is 3. The highest BCUT2D eigenvalue weighted by molar-refractivity contribution is 6.04. The van der Waals surface area contributed by atoms with E-state index in [1.807, 2.05) is 18.3 Å². The van der Waals surface area contributed by atoms with Gasteiger partial charge >= 0.3 is 0 Å². The zero-order valence-electron chi connectivity index (χ0n) is 16.0. The molecule has 2 aliphatic heterocycles. The van der Waals surface area contributed by atoms with Crippen LogP contribution >= 0.6 is 0 Å². The topological polar surface area (TPSA) is 23.6 Å². The van der Waals surface area contributed by atoms with Gasteiger partial charge in [0.25, 0.3) is 0 Å². The summed E-state index contributed by atoms with van der Waals surface area (Å²) in [7, 11) is 0. The third kappa shape index (κ3) is 4.72. The van der Waals surface area contributed by atoms with Crippen molar-refractivity contribution < 1.29 is 4.79 Å². The normalized spacial score (nSPS) is 22.2. The third-order valence-corrected chi connectivity index (χ3v) is 5.54. The predicted molar refractivity (Wildman–Crippen MR) is 104 cm³/mol. The number of ketones is 1. The summed E-state index contributed by atoms with van der Waals surface area (Å²) in [4.78, 5) is 17.4. The van der Waals surface area contributed by atoms with Gasteiger partial charge in [0.2, 0.25) is 0 Å². The fourth-order valence-corrected chi connectivity index (χ4v) is 3.91. The van der Waals surface area contributed by atoms with Gasteiger partial charge < -0.3 is 9.80 Å². The van der Waals surface area contributed by atoms with Crippen LogP contribution in [-0.2, 0) is 5.41 Å². The molecule has 1 aromatic rings. The lowest BCUT2D eigenvalue weighted by atomic mass is 9.86. The predicted octanol–water partition coefficient (Wildman–Crippen LogP) is 4.24. The summed E-state index contributed by atoms with van der Waals surface area (Å²) in [5.74, 6) is 0.104. The first-order valence-electron chi connectivity index (χ1n) is 9.75. The van der Waals surface area contributed by atoms with Crippen molar-refractivity contribution in [1.29, 1.82) is 0 Å². The smallest absolute Gasteiger partial charge is 0.187 e. The Balaban J connectivity index is 1.59. The molecule has 0 spiro atoms. The molecule has 1 aromatic carbocycles. The molecule has 0 bridgehead atoms. The van der Waals surface area contributed by atoms with Crippen molar-refractivity contribution >= 4 is 5.78 Å². The Morgan fingerprint density at radius 2 is 1.76 bits per heavy atom. The molecule has 0 aromatic heterocycles. The van der Waals surface area contributed by atoms with Crippen LogP contribution in [-0.4, -0.2) is 47.8 Å². The number of allylic oxidation sites excluding steroid dienone is 1. The molecule has 3 heteroatoms. The maximum absolute atomic E-state index is 12.5. The Morgan fingerprint density at radius 3 is 2.40 bits per heavy atom. The molecule has 0 amide bonds. The molecule has 25 heavy (non-hydrogen) atoms. The van der Waals surface area contributed by atoms with Crippen molar-refractivity contribution in [2.24, 2.45) is 0 Å². The van der Waals surface area contributed by atoms with Crippen LogP contribution in [0, 0.1) is 0 Å². The molecular formula is C22H32N2O. The van der Waals surface area contributed by atoms with Crippen LogP contribution in [0.15, 0.2) is 36.5 Å². The zero-order chi connectivity index (χ0) is 17.9. The number of benzene rings is 1. The minimum absolute atomic E-state index is 0.104. The van der Waals surface area contributed by atoms with E-state index >= 15 is 0 Å². The molecule has 1 atom stereocenters. The largest absolute Gasteiger partial charge is 0.373 e. The maximum atomic E-state index is 12.5. The minimum Gasteiger partial charge on any atom is -0.373 e. The molecule has 0 saturated carbocycles. The first kappa shape index (κ1) is 18.2. The average Bonchev–Trinajstić information content (AvgIpc) is 3.24. The van der Waals surface area contributed by atoms with E-state index in [0.717, 1.165) is 18.7 Å². The van der Waals surface area contributed by atoms with E-state index in [4.69, 9.17) is 0 Å². The van der Waals surface area contributed by atoms with Crippen molar-refractivity contribution in [2.45, 2.75) is 57.9 Å². The van der Waals surface area contributed by atoms with Gasteiger partial charge in [-0.3, -0.25) is 4.79 Å². The van der Waals surface area contributed by atoms with E-state index in [1.54, 1.807) is 6.08 Å². The number of likely N-dealkylation sites (tertiary alicyclic amines) is 2. The van der Waals surface area contributed by atoms with E-state index in [9.17, 15) is 4.79 Å². The second kappa shape index (κ2) is 7.74. The van der Waals surface area contributed by atoms with Crippen molar-refractivity contribution in [1.82, 2.24) is 9.80 Å². The molecule has 2 aliphatic rings. The van der Waals surface area contributed by atoms with Crippen LogP contribution in [0.5, 0.6) is 0 Å². The van der Waals surface area contributed by atoms with E-state index in [1.165, 1.54) is 44.3 Å². The summed E-state index contributed by atoms with van der Waals surface area (Å²) in [5, 5.41) is 0. The summed E-state index contributed by atoms with van der Waals surface area (Å²) in [5.41, 5.74) is 2.16. The quantitative estimate of drug-likeness (QED) is 0.592. The van der Waals surface area contributed by atoms with Crippen LogP contribution < -0.4 is 0 Å². The summed E-state index contributed by atoms with van der Waals surface area (Å²) in [6, 6.07) is 8.64. The summed E-state index contributed by atoms with van der Waals surface area (Å²) in [6.07, 6.45) is 8.95. The molecule has 0 aliphatic carbocycles. The van der Waals surface area contributed by atoms with Gasteiger partial charge in [0.05, 0.1) is 0 Å². The molecule has 2 fully saturated rings. The molecule has 3 nitrogen and oxygen atoms in total. The fourth-order valence-electron chi connectivity index (χ4n) is 3.91. The highest BCUT2D eigenvalue weighted by Crippen LogP contribution is 2.23. The van der Waals surface area contributed by atoms with E-state index in [0.29, 0.717) is 6.04 Å². The van der Waals surface area contributed by atoms with Crippen LogP contribution in [0.2, 0.25) is 0 Å². The van der Waals surface area contributed by atoms with Gasteiger partial charge in [-0.2, -0.15) is 0 Å². The first-order chi connectivity index (χ1) is 11.9. The van der Waals surface area contributed by atoms with Crippen LogP contribution in [0.4, 0.5) is 0 Å². The van der Waals surface area contributed by atoms with E-state index < -0.39 is 0 Å². The number of nitrogens with zero attached hydrogens (tertiary/aromatic N) is 2. The van der Waals surface area contributed by atoms with Gasteiger partial charge in [-0.1, -0.05) is 45.0 Å². The number of rotatable bonds is 5. The maximum Gasteiger partial charge on any atom is 0.187 e. The van der Waals surface area contributed by atoms with E-state index in [-0.39, 0.29) is 11.2 Å². The Kier molecular flexibility index (Phi) is 5.63. The Labute approximate surface area is 152 Å². The lowest BCUT2D eigenvalue weighted by Gasteiger charge is -2.27. The summed E-state index contributed by atoms with van der Waals surface area (Å²) >= 11 is 0. The number of carbonyl (C=O) groups excluding carboxylic acids is 1. The molecule has 136 valence electrons. The lowest BCUT2D eigenvalue weighted by Crippen LogP contribution is -2.36. The SMILES string of the molecule is CC(C)(C)c1ccc(C(=O)C=CN2CCC[C@H]2CN2CCCC2)cc1. The van der Waals surface area contributed by atoms with Crippen molar-refractivity contribution in [3.63, 3.8) is 0 Å². The highest BCUT2D eigenvalue weighted by atomic mass is 16.1. The van der Waals surface area contributed by atoms with Gasteiger partial charge in [-0.05, 0) is 49.8 Å². The van der Waals surface area contributed by atoms with Crippen molar-refractivity contribution in [2.75, 3.05) is 26.2 Å². The monoisotopic (exact) mass is 340 g/mol. The highest BCUT2D eigenvalue weighted by Gasteiger charge is 2.25. The number of carbonyl (C=O) groups is 1. The van der Waals surface area contributed by atoms with Crippen LogP contribution in [0.25, 0.3) is 0 Å². The summed E-state index contributed by atoms with van der Waals surface area (Å²) in [6.45, 7) is 11.3. The van der Waals surface area contributed by atoms with Crippen molar-refractivity contribution in [3.8, 4) is 0 Å². The van der Waals surface area contributed by atoms with Crippen LogP contribution in [0.3, 0.4) is 0 Å². The molecule has 3 rings (SSSR count). The Morgan fingerprint density at radius 1 is 1.08 bits per heavy atom. The second-order valence-electron chi connectivity index (χ2n) is 8.55. The summed E-state index contributed by atoms with van der Waals surface area (Å²) < 4.78 is 0. The average molecular weight is 341 g/mol. The molecule has 2 saturated heterocycles. The third-order valence-electron chi connectivity index (χ3n) is 5.54. The second-order valence-corrected chi connectivity index (χ2v) is 8.55. The van der Waals surface area contributed by atoms with Gasteiger partial charge in [-0.25, -0.2) is 0 Å².